The van der Waals surface area contributed by atoms with E-state index in [2.05, 4.69) is 9.46 Å². The summed E-state index contributed by atoms with van der Waals surface area (Å²) in [5, 5.41) is 1.18. The van der Waals surface area contributed by atoms with Gasteiger partial charge in [0.15, 0.2) is 0 Å². The van der Waals surface area contributed by atoms with E-state index in [1.165, 1.54) is 31.0 Å². The van der Waals surface area contributed by atoms with E-state index in [1.54, 1.807) is 31.2 Å². The standard InChI is InChI=1S/C18H19Cl2NO4S2/c1-12-6-7-13(10-14(12)18(22)25-2)27(23,24)21-8-9-26-11-15-16(19)4-3-5-17(15)20/h3-7,10,21H,8-9,11H2,1-2H3. The number of thioether (sulfide) groups is 1. The summed E-state index contributed by atoms with van der Waals surface area (Å²) in [6.45, 7) is 1.95. The van der Waals surface area contributed by atoms with Gasteiger partial charge in [0, 0.05) is 28.1 Å². The van der Waals surface area contributed by atoms with Crippen LogP contribution in [0.5, 0.6) is 0 Å². The molecule has 0 fully saturated rings. The summed E-state index contributed by atoms with van der Waals surface area (Å²) >= 11 is 13.7. The first-order valence-electron chi connectivity index (χ1n) is 7.95. The van der Waals surface area contributed by atoms with Crippen LogP contribution in [0.3, 0.4) is 0 Å². The first kappa shape index (κ1) is 22.0. The van der Waals surface area contributed by atoms with Crippen molar-refractivity contribution in [1.82, 2.24) is 4.72 Å². The van der Waals surface area contributed by atoms with Crippen LogP contribution in [0.2, 0.25) is 10.0 Å². The number of aryl methyl sites for hydroxylation is 1. The number of halogens is 2. The van der Waals surface area contributed by atoms with Gasteiger partial charge in [0.25, 0.3) is 0 Å². The maximum Gasteiger partial charge on any atom is 0.338 e. The van der Waals surface area contributed by atoms with Gasteiger partial charge in [-0.05, 0) is 42.3 Å². The van der Waals surface area contributed by atoms with Crippen LogP contribution in [-0.2, 0) is 20.5 Å². The normalized spacial score (nSPS) is 11.4. The van der Waals surface area contributed by atoms with E-state index in [0.717, 1.165) is 5.56 Å². The molecule has 0 spiro atoms. The molecule has 0 unspecified atom stereocenters. The van der Waals surface area contributed by atoms with E-state index in [0.29, 0.717) is 27.1 Å². The predicted molar refractivity (Wildman–Crippen MR) is 110 cm³/mol. The van der Waals surface area contributed by atoms with E-state index in [9.17, 15) is 13.2 Å². The van der Waals surface area contributed by atoms with E-state index in [4.69, 9.17) is 23.2 Å². The second-order valence-electron chi connectivity index (χ2n) is 5.62. The fourth-order valence-electron chi connectivity index (χ4n) is 2.27. The quantitative estimate of drug-likeness (QED) is 0.482. The lowest BCUT2D eigenvalue weighted by atomic mass is 10.1. The summed E-state index contributed by atoms with van der Waals surface area (Å²) in [7, 11) is -2.47. The molecular formula is C18H19Cl2NO4S2. The number of carbonyl (C=O) groups is 1. The largest absolute Gasteiger partial charge is 0.465 e. The molecule has 0 amide bonds. The zero-order chi connectivity index (χ0) is 20.0. The third kappa shape index (κ3) is 5.86. The molecule has 0 aliphatic rings. The lowest BCUT2D eigenvalue weighted by Crippen LogP contribution is -2.26. The Bertz CT molecular complexity index is 913. The summed E-state index contributed by atoms with van der Waals surface area (Å²) in [5.74, 6) is 0.546. The lowest BCUT2D eigenvalue weighted by Gasteiger charge is -2.10. The summed E-state index contributed by atoms with van der Waals surface area (Å²) < 4.78 is 32.1. The molecule has 2 rings (SSSR count). The second-order valence-corrected chi connectivity index (χ2v) is 9.31. The van der Waals surface area contributed by atoms with E-state index < -0.39 is 16.0 Å². The molecule has 1 N–H and O–H groups in total. The summed E-state index contributed by atoms with van der Waals surface area (Å²) in [4.78, 5) is 11.8. The van der Waals surface area contributed by atoms with Crippen molar-refractivity contribution in [2.45, 2.75) is 17.6 Å². The summed E-state index contributed by atoms with van der Waals surface area (Å²) in [6.07, 6.45) is 0. The minimum absolute atomic E-state index is 0.0210. The molecule has 0 heterocycles. The minimum atomic E-state index is -3.73. The van der Waals surface area contributed by atoms with Crippen molar-refractivity contribution in [3.05, 3.63) is 63.1 Å². The molecule has 0 saturated heterocycles. The zero-order valence-electron chi connectivity index (χ0n) is 14.8. The van der Waals surface area contributed by atoms with E-state index in [-0.39, 0.29) is 17.0 Å². The van der Waals surface area contributed by atoms with Gasteiger partial charge in [-0.2, -0.15) is 11.8 Å². The topological polar surface area (TPSA) is 72.5 Å². The first-order valence-corrected chi connectivity index (χ1v) is 11.3. The van der Waals surface area contributed by atoms with Gasteiger partial charge < -0.3 is 4.74 Å². The number of benzene rings is 2. The summed E-state index contributed by atoms with van der Waals surface area (Å²) in [5.41, 5.74) is 1.70. The average molecular weight is 448 g/mol. The van der Waals surface area contributed by atoms with Crippen molar-refractivity contribution < 1.29 is 17.9 Å². The molecule has 0 radical (unpaired) electrons. The number of rotatable bonds is 8. The Balaban J connectivity index is 1.94. The van der Waals surface area contributed by atoms with Crippen molar-refractivity contribution in [2.75, 3.05) is 19.4 Å². The van der Waals surface area contributed by atoms with Crippen LogP contribution in [0.1, 0.15) is 21.5 Å². The Kier molecular flexibility index (Phi) is 8.00. The number of hydrogen-bond acceptors (Lipinski definition) is 5. The SMILES string of the molecule is COC(=O)c1cc(S(=O)(=O)NCCSCc2c(Cl)cccc2Cl)ccc1C. The highest BCUT2D eigenvalue weighted by atomic mass is 35.5. The Labute approximate surface area is 173 Å². The number of esters is 1. The smallest absolute Gasteiger partial charge is 0.338 e. The van der Waals surface area contributed by atoms with Crippen LogP contribution in [0.25, 0.3) is 0 Å². The van der Waals surface area contributed by atoms with Gasteiger partial charge in [-0.1, -0.05) is 35.3 Å². The van der Waals surface area contributed by atoms with Gasteiger partial charge in [-0.15, -0.1) is 0 Å². The number of ether oxygens (including phenoxy) is 1. The summed E-state index contributed by atoms with van der Waals surface area (Å²) in [6, 6.07) is 9.66. The fourth-order valence-corrected chi connectivity index (χ4v) is 5.06. The van der Waals surface area contributed by atoms with Crippen LogP contribution >= 0.6 is 35.0 Å². The third-order valence-corrected chi connectivity index (χ3v) is 6.92. The molecule has 0 aliphatic carbocycles. The number of sulfonamides is 1. The van der Waals surface area contributed by atoms with Crippen LogP contribution < -0.4 is 4.72 Å². The Morgan fingerprint density at radius 2 is 1.85 bits per heavy atom. The van der Waals surface area contributed by atoms with Crippen molar-refractivity contribution in [1.29, 1.82) is 0 Å². The highest BCUT2D eigenvalue weighted by molar-refractivity contribution is 7.98. The third-order valence-electron chi connectivity index (χ3n) is 3.77. The molecule has 5 nitrogen and oxygen atoms in total. The first-order chi connectivity index (χ1) is 12.8. The molecule has 0 aliphatic heterocycles. The van der Waals surface area contributed by atoms with Crippen molar-refractivity contribution in [3.8, 4) is 0 Å². The molecule has 0 atom stereocenters. The Morgan fingerprint density at radius 3 is 2.48 bits per heavy atom. The minimum Gasteiger partial charge on any atom is -0.465 e. The number of nitrogens with one attached hydrogen (secondary N) is 1. The molecule has 2 aromatic rings. The molecule has 2 aromatic carbocycles. The van der Waals surface area contributed by atoms with E-state index in [1.807, 2.05) is 0 Å². The monoisotopic (exact) mass is 447 g/mol. The maximum absolute atomic E-state index is 12.4. The number of methoxy groups -OCH3 is 1. The van der Waals surface area contributed by atoms with Gasteiger partial charge in [-0.25, -0.2) is 17.9 Å². The fraction of sp³-hybridized carbons (Fsp3) is 0.278. The number of hydrogen-bond donors (Lipinski definition) is 1. The second kappa shape index (κ2) is 9.80. The van der Waals surface area contributed by atoms with Crippen molar-refractivity contribution in [3.63, 3.8) is 0 Å². The van der Waals surface area contributed by atoms with E-state index >= 15 is 0 Å². The highest BCUT2D eigenvalue weighted by Crippen LogP contribution is 2.28. The molecule has 0 bridgehead atoms. The van der Waals surface area contributed by atoms with Crippen LogP contribution in [-0.4, -0.2) is 33.8 Å². The average Bonchev–Trinajstić information content (AvgIpc) is 2.63. The number of carbonyl (C=O) groups excluding carboxylic acids is 1. The van der Waals surface area contributed by atoms with Gasteiger partial charge >= 0.3 is 5.97 Å². The molecule has 0 saturated carbocycles. The van der Waals surface area contributed by atoms with Crippen LogP contribution in [0.15, 0.2) is 41.3 Å². The maximum atomic E-state index is 12.4. The Morgan fingerprint density at radius 1 is 1.19 bits per heavy atom. The van der Waals surface area contributed by atoms with Gasteiger partial charge in [0.05, 0.1) is 17.6 Å². The van der Waals surface area contributed by atoms with Gasteiger partial charge in [-0.3, -0.25) is 0 Å². The highest BCUT2D eigenvalue weighted by Gasteiger charge is 2.18. The molecule has 9 heteroatoms. The van der Waals surface area contributed by atoms with Gasteiger partial charge in [0.2, 0.25) is 10.0 Å². The lowest BCUT2D eigenvalue weighted by molar-refractivity contribution is 0.0599. The molecular weight excluding hydrogens is 429 g/mol. The predicted octanol–water partition coefficient (Wildman–Crippen LogP) is 4.30. The van der Waals surface area contributed by atoms with Crippen LogP contribution in [0, 0.1) is 6.92 Å². The Hall–Kier alpha value is -1.25. The molecule has 27 heavy (non-hydrogen) atoms. The van der Waals surface area contributed by atoms with Gasteiger partial charge in [0.1, 0.15) is 0 Å². The molecule has 0 aromatic heterocycles. The van der Waals surface area contributed by atoms with Crippen LogP contribution in [0.4, 0.5) is 0 Å². The van der Waals surface area contributed by atoms with Crippen molar-refractivity contribution >= 4 is 51.0 Å². The molecule has 146 valence electrons. The zero-order valence-corrected chi connectivity index (χ0v) is 17.9. The van der Waals surface area contributed by atoms with Crippen molar-refractivity contribution in [2.24, 2.45) is 0 Å².